The average Bonchev–Trinajstić information content (AvgIpc) is 2.03. The molecule has 2 saturated heterocycles. The van der Waals surface area contributed by atoms with Crippen LogP contribution in [0, 0.1) is 0 Å². The lowest BCUT2D eigenvalue weighted by molar-refractivity contribution is -0.0715. The zero-order valence-electron chi connectivity index (χ0n) is 7.75. The monoisotopic (exact) mass is 170 g/mol. The van der Waals surface area contributed by atoms with E-state index < -0.39 is 0 Å². The number of piperidine rings is 1. The highest BCUT2D eigenvalue weighted by Gasteiger charge is 2.28. The lowest BCUT2D eigenvalue weighted by atomic mass is 10.0. The van der Waals surface area contributed by atoms with Gasteiger partial charge in [-0.1, -0.05) is 0 Å². The molecule has 2 aliphatic heterocycles. The van der Waals surface area contributed by atoms with Gasteiger partial charge in [0.15, 0.2) is 0 Å². The third kappa shape index (κ3) is 1.63. The second-order valence-corrected chi connectivity index (χ2v) is 3.86. The molecule has 1 atom stereocenters. The van der Waals surface area contributed by atoms with Crippen molar-refractivity contribution in [3.63, 3.8) is 0 Å². The summed E-state index contributed by atoms with van der Waals surface area (Å²) < 4.78 is 5.18. The highest BCUT2D eigenvalue weighted by Crippen LogP contribution is 2.16. The summed E-state index contributed by atoms with van der Waals surface area (Å²) in [6, 6.07) is 1.43. The van der Waals surface area contributed by atoms with E-state index in [1.165, 1.54) is 19.4 Å². The molecule has 0 unspecified atom stereocenters. The Kier molecular flexibility index (Phi) is 2.63. The van der Waals surface area contributed by atoms with Gasteiger partial charge in [0.2, 0.25) is 0 Å². The van der Waals surface area contributed by atoms with Crippen molar-refractivity contribution in [3.8, 4) is 0 Å². The van der Waals surface area contributed by atoms with E-state index in [-0.39, 0.29) is 0 Å². The van der Waals surface area contributed by atoms with Crippen molar-refractivity contribution in [2.75, 3.05) is 33.4 Å². The van der Waals surface area contributed by atoms with Crippen LogP contribution in [0.2, 0.25) is 0 Å². The van der Waals surface area contributed by atoms with E-state index in [0.717, 1.165) is 25.8 Å². The first kappa shape index (κ1) is 8.48. The first-order valence-corrected chi connectivity index (χ1v) is 4.88. The average molecular weight is 170 g/mol. The van der Waals surface area contributed by atoms with Crippen LogP contribution in [0.1, 0.15) is 12.8 Å². The van der Waals surface area contributed by atoms with Crippen LogP contribution in [0.3, 0.4) is 0 Å². The van der Waals surface area contributed by atoms with E-state index in [1.807, 2.05) is 0 Å². The summed E-state index contributed by atoms with van der Waals surface area (Å²) in [4.78, 5) is 2.48. The number of nitrogens with zero attached hydrogens (tertiary/aromatic N) is 1. The minimum atomic E-state index is 0.690. The van der Waals surface area contributed by atoms with Crippen molar-refractivity contribution >= 4 is 0 Å². The molecule has 0 saturated carbocycles. The van der Waals surface area contributed by atoms with Crippen LogP contribution in [-0.2, 0) is 4.74 Å². The number of likely N-dealkylation sites (N-methyl/N-ethyl adjacent to an activating group) is 1. The van der Waals surface area contributed by atoms with E-state index >= 15 is 0 Å². The van der Waals surface area contributed by atoms with Gasteiger partial charge < -0.3 is 10.1 Å². The first-order chi connectivity index (χ1) is 5.88. The number of nitrogens with one attached hydrogen (secondary N) is 1. The van der Waals surface area contributed by atoms with Gasteiger partial charge in [0.25, 0.3) is 0 Å². The molecule has 2 heterocycles. The molecular weight excluding hydrogens is 152 g/mol. The Morgan fingerprint density at radius 2 is 2.17 bits per heavy atom. The minimum Gasteiger partial charge on any atom is -0.378 e. The molecule has 0 radical (unpaired) electrons. The highest BCUT2D eigenvalue weighted by molar-refractivity contribution is 4.84. The maximum Gasteiger partial charge on any atom is 0.0645 e. The summed E-state index contributed by atoms with van der Waals surface area (Å²) in [5.74, 6) is 0. The molecule has 3 heteroatoms. The van der Waals surface area contributed by atoms with Crippen LogP contribution >= 0.6 is 0 Å². The summed E-state index contributed by atoms with van der Waals surface area (Å²) in [5, 5.41) is 3.44. The summed E-state index contributed by atoms with van der Waals surface area (Å²) in [7, 11) is 2.23. The molecule has 70 valence electrons. The molecular formula is C9H18N2O. The van der Waals surface area contributed by atoms with Gasteiger partial charge in [0.1, 0.15) is 0 Å². The third-order valence-corrected chi connectivity index (χ3v) is 3.04. The van der Waals surface area contributed by atoms with Crippen molar-refractivity contribution in [2.45, 2.75) is 24.9 Å². The van der Waals surface area contributed by atoms with Crippen molar-refractivity contribution < 1.29 is 4.74 Å². The van der Waals surface area contributed by atoms with Crippen molar-refractivity contribution in [1.29, 1.82) is 0 Å². The third-order valence-electron chi connectivity index (χ3n) is 3.04. The summed E-state index contributed by atoms with van der Waals surface area (Å²) in [6.45, 7) is 4.23. The maximum atomic E-state index is 5.18. The molecule has 12 heavy (non-hydrogen) atoms. The molecule has 0 aromatic heterocycles. The second kappa shape index (κ2) is 3.73. The molecule has 3 nitrogen and oxygen atoms in total. The minimum absolute atomic E-state index is 0.690. The van der Waals surface area contributed by atoms with Gasteiger partial charge >= 0.3 is 0 Å². The van der Waals surface area contributed by atoms with Crippen LogP contribution in [0.4, 0.5) is 0 Å². The van der Waals surface area contributed by atoms with Gasteiger partial charge in [-0.2, -0.15) is 0 Å². The summed E-state index contributed by atoms with van der Waals surface area (Å²) >= 11 is 0. The van der Waals surface area contributed by atoms with Crippen molar-refractivity contribution in [3.05, 3.63) is 0 Å². The van der Waals surface area contributed by atoms with E-state index in [2.05, 4.69) is 17.3 Å². The number of hydrogen-bond acceptors (Lipinski definition) is 3. The Bertz CT molecular complexity index is 141. The zero-order chi connectivity index (χ0) is 8.39. The van der Waals surface area contributed by atoms with Gasteiger partial charge in [-0.25, -0.2) is 0 Å². The Balaban J connectivity index is 1.80. The number of ether oxygens (including phenoxy) is 1. The molecule has 1 N–H and O–H groups in total. The lowest BCUT2D eigenvalue weighted by Gasteiger charge is -2.41. The zero-order valence-corrected chi connectivity index (χ0v) is 7.75. The molecule has 0 spiro atoms. The largest absolute Gasteiger partial charge is 0.378 e. The molecule has 2 rings (SSSR count). The molecule has 0 amide bonds. The first-order valence-electron chi connectivity index (χ1n) is 4.88. The molecule has 0 bridgehead atoms. The second-order valence-electron chi connectivity index (χ2n) is 3.86. The van der Waals surface area contributed by atoms with E-state index in [0.29, 0.717) is 6.04 Å². The van der Waals surface area contributed by atoms with Crippen molar-refractivity contribution in [2.24, 2.45) is 0 Å². The van der Waals surface area contributed by atoms with Gasteiger partial charge in [0, 0.05) is 12.6 Å². The van der Waals surface area contributed by atoms with Crippen LogP contribution in [0.25, 0.3) is 0 Å². The Labute approximate surface area is 74.1 Å². The van der Waals surface area contributed by atoms with E-state index in [9.17, 15) is 0 Å². The number of rotatable bonds is 2. The summed E-state index contributed by atoms with van der Waals surface area (Å²) in [5.41, 5.74) is 0. The van der Waals surface area contributed by atoms with Crippen LogP contribution in [-0.4, -0.2) is 50.3 Å². The van der Waals surface area contributed by atoms with E-state index in [4.69, 9.17) is 4.74 Å². The Morgan fingerprint density at radius 1 is 1.33 bits per heavy atom. The predicted octanol–water partition coefficient (Wildman–Crippen LogP) is 0.0690. The van der Waals surface area contributed by atoms with Crippen LogP contribution in [0.15, 0.2) is 0 Å². The maximum absolute atomic E-state index is 5.18. The molecule has 2 fully saturated rings. The van der Waals surface area contributed by atoms with Gasteiger partial charge in [-0.05, 0) is 26.4 Å². The fraction of sp³-hybridized carbons (Fsp3) is 1.00. The van der Waals surface area contributed by atoms with Crippen LogP contribution in [0.5, 0.6) is 0 Å². The fourth-order valence-corrected chi connectivity index (χ4v) is 1.94. The fourth-order valence-electron chi connectivity index (χ4n) is 1.94. The quantitative estimate of drug-likeness (QED) is 0.634. The van der Waals surface area contributed by atoms with Gasteiger partial charge in [0.05, 0.1) is 19.3 Å². The standard InChI is InChI=1S/C9H18N2O/c1-11(9-6-12-7-9)8-3-2-4-10-5-8/h8-10H,2-7H2,1H3/t8-/m1/s1. The SMILES string of the molecule is CN(C1COC1)[C@@H]1CCCNC1. The molecule has 2 aliphatic rings. The molecule has 0 aliphatic carbocycles. The van der Waals surface area contributed by atoms with E-state index in [1.54, 1.807) is 0 Å². The summed E-state index contributed by atoms with van der Waals surface area (Å²) in [6.07, 6.45) is 2.67. The lowest BCUT2D eigenvalue weighted by Crippen LogP contribution is -2.55. The molecule has 0 aromatic carbocycles. The topological polar surface area (TPSA) is 24.5 Å². The van der Waals surface area contributed by atoms with Crippen LogP contribution < -0.4 is 5.32 Å². The van der Waals surface area contributed by atoms with Crippen molar-refractivity contribution in [1.82, 2.24) is 10.2 Å². The normalized spacial score (nSPS) is 32.0. The Morgan fingerprint density at radius 3 is 2.67 bits per heavy atom. The van der Waals surface area contributed by atoms with Gasteiger partial charge in [-0.15, -0.1) is 0 Å². The molecule has 0 aromatic rings. The Hall–Kier alpha value is -0.120. The predicted molar refractivity (Wildman–Crippen MR) is 48.3 cm³/mol. The van der Waals surface area contributed by atoms with Gasteiger partial charge in [-0.3, -0.25) is 4.90 Å². The smallest absolute Gasteiger partial charge is 0.0645 e. The number of hydrogen-bond donors (Lipinski definition) is 1. The highest BCUT2D eigenvalue weighted by atomic mass is 16.5.